The first-order chi connectivity index (χ1) is 8.91. The van der Waals surface area contributed by atoms with Crippen LogP contribution in [0.1, 0.15) is 12.5 Å². The first kappa shape index (κ1) is 15.4. The maximum atomic E-state index is 11.1. The third-order valence-electron chi connectivity index (χ3n) is 2.72. The van der Waals surface area contributed by atoms with Crippen LogP contribution in [0.2, 0.25) is 0 Å². The molecule has 0 aliphatic heterocycles. The monoisotopic (exact) mass is 264 g/mol. The van der Waals surface area contributed by atoms with Gasteiger partial charge in [0.15, 0.2) is 0 Å². The van der Waals surface area contributed by atoms with Crippen molar-refractivity contribution in [1.29, 1.82) is 0 Å². The molecule has 1 aromatic rings. The Kier molecular flexibility index (Phi) is 5.73. The fourth-order valence-corrected chi connectivity index (χ4v) is 1.61. The molecule has 0 bridgehead atoms. The number of hydrogen-bond donors (Lipinski definition) is 0. The summed E-state index contributed by atoms with van der Waals surface area (Å²) in [5, 5.41) is 0. The number of likely N-dealkylation sites (N-methyl/N-ethyl adjacent to an activating group) is 1. The largest absolute Gasteiger partial charge is 0.368 e. The summed E-state index contributed by atoms with van der Waals surface area (Å²) in [7, 11) is 4.22. The molecule has 4 heteroatoms. The summed E-state index contributed by atoms with van der Waals surface area (Å²) >= 11 is 0. The molecule has 0 amide bonds. The fourth-order valence-electron chi connectivity index (χ4n) is 1.61. The molecule has 104 valence electrons. The minimum atomic E-state index is -0.520. The van der Waals surface area contributed by atoms with Gasteiger partial charge >= 0.3 is 5.97 Å². The SMILES string of the molecule is C=C(C)C(=O)OOCC[N+](C)(C)Cc1ccccc1. The highest BCUT2D eigenvalue weighted by Gasteiger charge is 2.16. The lowest BCUT2D eigenvalue weighted by molar-refractivity contribution is -0.904. The molecular weight excluding hydrogens is 242 g/mol. The second kappa shape index (κ2) is 7.07. The van der Waals surface area contributed by atoms with Gasteiger partial charge in [-0.25, -0.2) is 4.79 Å². The minimum absolute atomic E-state index is 0.332. The first-order valence-corrected chi connectivity index (χ1v) is 6.26. The van der Waals surface area contributed by atoms with Gasteiger partial charge in [0.2, 0.25) is 0 Å². The number of rotatable bonds is 7. The smallest absolute Gasteiger partial charge is 0.323 e. The normalized spacial score (nSPS) is 11.1. The van der Waals surface area contributed by atoms with E-state index in [9.17, 15) is 4.79 Å². The van der Waals surface area contributed by atoms with Crippen LogP contribution in [-0.4, -0.2) is 37.7 Å². The van der Waals surface area contributed by atoms with Crippen LogP contribution < -0.4 is 0 Å². The molecule has 0 saturated carbocycles. The first-order valence-electron chi connectivity index (χ1n) is 6.26. The van der Waals surface area contributed by atoms with E-state index in [0.717, 1.165) is 17.6 Å². The van der Waals surface area contributed by atoms with Crippen molar-refractivity contribution in [2.45, 2.75) is 13.5 Å². The Morgan fingerprint density at radius 2 is 1.89 bits per heavy atom. The molecule has 0 N–H and O–H groups in total. The lowest BCUT2D eigenvalue weighted by Crippen LogP contribution is -2.41. The van der Waals surface area contributed by atoms with Gasteiger partial charge in [-0.05, 0) is 6.92 Å². The fraction of sp³-hybridized carbons (Fsp3) is 0.400. The summed E-state index contributed by atoms with van der Waals surface area (Å²) in [6.07, 6.45) is 0. The zero-order valence-corrected chi connectivity index (χ0v) is 11.9. The lowest BCUT2D eigenvalue weighted by Gasteiger charge is -2.29. The second-order valence-electron chi connectivity index (χ2n) is 5.28. The van der Waals surface area contributed by atoms with E-state index in [0.29, 0.717) is 12.2 Å². The highest BCUT2D eigenvalue weighted by atomic mass is 17.2. The van der Waals surface area contributed by atoms with Gasteiger partial charge in [0.1, 0.15) is 19.7 Å². The molecule has 4 nitrogen and oxygen atoms in total. The van der Waals surface area contributed by atoms with Crippen LogP contribution in [0.15, 0.2) is 42.5 Å². The van der Waals surface area contributed by atoms with Crippen LogP contribution >= 0.6 is 0 Å². The maximum Gasteiger partial charge on any atom is 0.368 e. The summed E-state index contributed by atoms with van der Waals surface area (Å²) in [5.74, 6) is -0.520. The van der Waals surface area contributed by atoms with Crippen LogP contribution in [0.4, 0.5) is 0 Å². The average Bonchev–Trinajstić information content (AvgIpc) is 2.35. The third kappa shape index (κ3) is 6.18. The molecule has 0 fully saturated rings. The van der Waals surface area contributed by atoms with Crippen LogP contribution in [-0.2, 0) is 21.1 Å². The van der Waals surface area contributed by atoms with Crippen LogP contribution in [0.25, 0.3) is 0 Å². The molecule has 0 spiro atoms. The minimum Gasteiger partial charge on any atom is -0.323 e. The van der Waals surface area contributed by atoms with Gasteiger partial charge in [0, 0.05) is 11.1 Å². The third-order valence-corrected chi connectivity index (χ3v) is 2.72. The Hall–Kier alpha value is -1.65. The molecule has 1 aromatic carbocycles. The van der Waals surface area contributed by atoms with Gasteiger partial charge in [-0.1, -0.05) is 36.9 Å². The maximum absolute atomic E-state index is 11.1. The highest BCUT2D eigenvalue weighted by Crippen LogP contribution is 2.08. The van der Waals surface area contributed by atoms with E-state index < -0.39 is 5.97 Å². The predicted molar refractivity (Wildman–Crippen MR) is 74.0 cm³/mol. The Balaban J connectivity index is 2.31. The van der Waals surface area contributed by atoms with Crippen molar-refractivity contribution < 1.29 is 19.1 Å². The number of carbonyl (C=O) groups is 1. The van der Waals surface area contributed by atoms with Crippen LogP contribution in [0, 0.1) is 0 Å². The van der Waals surface area contributed by atoms with E-state index >= 15 is 0 Å². The average molecular weight is 264 g/mol. The summed E-state index contributed by atoms with van der Waals surface area (Å²) in [5.41, 5.74) is 1.60. The molecule has 0 atom stereocenters. The Labute approximate surface area is 114 Å². The molecule has 0 heterocycles. The Morgan fingerprint density at radius 3 is 2.47 bits per heavy atom. The summed E-state index contributed by atoms with van der Waals surface area (Å²) < 4.78 is 0.759. The van der Waals surface area contributed by atoms with Crippen molar-refractivity contribution >= 4 is 5.97 Å². The summed E-state index contributed by atoms with van der Waals surface area (Å²) in [6, 6.07) is 10.3. The standard InChI is InChI=1S/C15H22NO3/c1-13(2)15(17)19-18-11-10-16(3,4)12-14-8-6-5-7-9-14/h5-9H,1,10-12H2,2-4H3/q+1. The van der Waals surface area contributed by atoms with Crippen LogP contribution in [0.5, 0.6) is 0 Å². The van der Waals surface area contributed by atoms with Crippen molar-refractivity contribution in [3.63, 3.8) is 0 Å². The Morgan fingerprint density at radius 1 is 1.26 bits per heavy atom. The quantitative estimate of drug-likeness (QED) is 0.249. The van der Waals surface area contributed by atoms with Gasteiger partial charge < -0.3 is 4.48 Å². The molecule has 1 rings (SSSR count). The molecule has 0 radical (unpaired) electrons. The number of nitrogens with zero attached hydrogens (tertiary/aromatic N) is 1. The van der Waals surface area contributed by atoms with Crippen LogP contribution in [0.3, 0.4) is 0 Å². The predicted octanol–water partition coefficient (Wildman–Crippen LogP) is 2.31. The van der Waals surface area contributed by atoms with E-state index in [1.807, 2.05) is 18.2 Å². The Bertz CT molecular complexity index is 426. The van der Waals surface area contributed by atoms with E-state index in [2.05, 4.69) is 37.7 Å². The van der Waals surface area contributed by atoms with Gasteiger partial charge in [-0.15, -0.1) is 0 Å². The van der Waals surface area contributed by atoms with Crippen molar-refractivity contribution in [2.24, 2.45) is 0 Å². The van der Waals surface area contributed by atoms with Gasteiger partial charge in [0.05, 0.1) is 14.1 Å². The zero-order valence-electron chi connectivity index (χ0n) is 11.9. The van der Waals surface area contributed by atoms with E-state index in [1.165, 1.54) is 5.56 Å². The summed E-state index contributed by atoms with van der Waals surface area (Å²) in [4.78, 5) is 20.6. The highest BCUT2D eigenvalue weighted by molar-refractivity contribution is 5.86. The molecule has 0 aromatic heterocycles. The topological polar surface area (TPSA) is 35.5 Å². The molecule has 0 aliphatic carbocycles. The van der Waals surface area contributed by atoms with E-state index in [4.69, 9.17) is 4.89 Å². The van der Waals surface area contributed by atoms with Gasteiger partial charge in [0.25, 0.3) is 0 Å². The van der Waals surface area contributed by atoms with Crippen molar-refractivity contribution in [3.8, 4) is 0 Å². The lowest BCUT2D eigenvalue weighted by atomic mass is 10.2. The molecule has 19 heavy (non-hydrogen) atoms. The van der Waals surface area contributed by atoms with Crippen molar-refractivity contribution in [2.75, 3.05) is 27.2 Å². The van der Waals surface area contributed by atoms with E-state index in [-0.39, 0.29) is 0 Å². The zero-order chi connectivity index (χ0) is 14.3. The van der Waals surface area contributed by atoms with Crippen molar-refractivity contribution in [3.05, 3.63) is 48.0 Å². The second-order valence-corrected chi connectivity index (χ2v) is 5.28. The van der Waals surface area contributed by atoms with Crippen molar-refractivity contribution in [1.82, 2.24) is 0 Å². The van der Waals surface area contributed by atoms with Gasteiger partial charge in [-0.2, -0.15) is 4.89 Å². The number of benzene rings is 1. The van der Waals surface area contributed by atoms with E-state index in [1.54, 1.807) is 6.92 Å². The molecule has 0 aliphatic rings. The molecular formula is C15H22NO3+. The number of carbonyl (C=O) groups excluding carboxylic acids is 1. The summed E-state index contributed by atoms with van der Waals surface area (Å²) in [6.45, 7) is 7.07. The number of quaternary nitrogens is 1. The molecule has 0 saturated heterocycles. The van der Waals surface area contributed by atoms with Gasteiger partial charge in [-0.3, -0.25) is 4.89 Å². The molecule has 0 unspecified atom stereocenters. The number of hydrogen-bond acceptors (Lipinski definition) is 3.